The van der Waals surface area contributed by atoms with Crippen molar-refractivity contribution in [2.45, 2.75) is 39.3 Å². The maximum absolute atomic E-state index is 12.1. The van der Waals surface area contributed by atoms with E-state index < -0.39 is 16.1 Å². The summed E-state index contributed by atoms with van der Waals surface area (Å²) in [6.07, 6.45) is 0.489. The summed E-state index contributed by atoms with van der Waals surface area (Å²) in [6, 6.07) is -0.581. The molecule has 1 amide bonds. The summed E-state index contributed by atoms with van der Waals surface area (Å²) >= 11 is 0. The Kier molecular flexibility index (Phi) is 5.55. The molecule has 1 heterocycles. The smallest absolute Gasteiger partial charge is 0.238 e. The molecule has 1 aliphatic heterocycles. The fraction of sp³-hybridized carbons (Fsp3) is 0.909. The van der Waals surface area contributed by atoms with Crippen LogP contribution in [0, 0.1) is 0 Å². The van der Waals surface area contributed by atoms with Crippen LogP contribution in [0.15, 0.2) is 0 Å². The van der Waals surface area contributed by atoms with Gasteiger partial charge in [0, 0.05) is 13.1 Å². The van der Waals surface area contributed by atoms with Gasteiger partial charge in [0.15, 0.2) is 0 Å². The number of hydrogen-bond acceptors (Lipinski definition) is 4. The van der Waals surface area contributed by atoms with Gasteiger partial charge in [-0.1, -0.05) is 6.92 Å². The number of nitrogens with zero attached hydrogens (tertiary/aromatic N) is 1. The molecule has 0 saturated carbocycles. The first-order chi connectivity index (χ1) is 8.38. The molecule has 7 heteroatoms. The number of ether oxygens (including phenoxy) is 1. The minimum Gasteiger partial charge on any atom is -0.378 e. The lowest BCUT2D eigenvalue weighted by atomic mass is 10.2. The first-order valence-electron chi connectivity index (χ1n) is 6.27. The quantitative estimate of drug-likeness (QED) is 0.739. The van der Waals surface area contributed by atoms with E-state index in [2.05, 4.69) is 5.32 Å². The first kappa shape index (κ1) is 15.4. The molecule has 1 rings (SSSR count). The molecule has 106 valence electrons. The van der Waals surface area contributed by atoms with E-state index in [9.17, 15) is 13.2 Å². The molecule has 1 fully saturated rings. The Morgan fingerprint density at radius 1 is 1.50 bits per heavy atom. The van der Waals surface area contributed by atoms with E-state index in [1.807, 2.05) is 20.8 Å². The van der Waals surface area contributed by atoms with Crippen molar-refractivity contribution in [2.75, 3.05) is 25.4 Å². The Bertz CT molecular complexity index is 381. The second kappa shape index (κ2) is 6.49. The van der Waals surface area contributed by atoms with Crippen molar-refractivity contribution in [1.29, 1.82) is 0 Å². The lowest BCUT2D eigenvalue weighted by molar-refractivity contribution is -0.126. The maximum Gasteiger partial charge on any atom is 0.238 e. The van der Waals surface area contributed by atoms with Crippen LogP contribution in [-0.4, -0.2) is 56.2 Å². The largest absolute Gasteiger partial charge is 0.378 e. The predicted molar refractivity (Wildman–Crippen MR) is 68.7 cm³/mol. The van der Waals surface area contributed by atoms with Gasteiger partial charge in [-0.05, 0) is 20.3 Å². The van der Waals surface area contributed by atoms with Crippen LogP contribution in [0.3, 0.4) is 0 Å². The Labute approximate surface area is 109 Å². The van der Waals surface area contributed by atoms with Crippen LogP contribution in [0.1, 0.15) is 27.2 Å². The number of carbonyl (C=O) groups excluding carboxylic acids is 1. The summed E-state index contributed by atoms with van der Waals surface area (Å²) in [6.45, 7) is 6.40. The van der Waals surface area contributed by atoms with E-state index in [1.54, 1.807) is 0 Å². The van der Waals surface area contributed by atoms with Gasteiger partial charge >= 0.3 is 0 Å². The molecule has 0 aromatic rings. The van der Waals surface area contributed by atoms with Crippen molar-refractivity contribution in [1.82, 2.24) is 9.62 Å². The molecule has 1 aliphatic rings. The zero-order valence-electron chi connectivity index (χ0n) is 11.2. The van der Waals surface area contributed by atoms with Gasteiger partial charge in [0.05, 0.1) is 18.5 Å². The number of nitrogens with one attached hydrogen (secondary N) is 1. The van der Waals surface area contributed by atoms with Crippen LogP contribution in [0.4, 0.5) is 0 Å². The highest BCUT2D eigenvalue weighted by molar-refractivity contribution is 7.89. The van der Waals surface area contributed by atoms with Crippen LogP contribution < -0.4 is 5.32 Å². The van der Waals surface area contributed by atoms with E-state index in [4.69, 9.17) is 4.74 Å². The zero-order chi connectivity index (χ0) is 13.8. The van der Waals surface area contributed by atoms with E-state index >= 15 is 0 Å². The van der Waals surface area contributed by atoms with Crippen molar-refractivity contribution in [3.8, 4) is 0 Å². The van der Waals surface area contributed by atoms with Gasteiger partial charge < -0.3 is 10.1 Å². The van der Waals surface area contributed by atoms with Crippen LogP contribution in [0.25, 0.3) is 0 Å². The van der Waals surface area contributed by atoms with Crippen LogP contribution in [0.5, 0.6) is 0 Å². The third-order valence-electron chi connectivity index (χ3n) is 2.82. The van der Waals surface area contributed by atoms with E-state index in [0.29, 0.717) is 19.5 Å². The van der Waals surface area contributed by atoms with E-state index in [0.717, 1.165) is 0 Å². The zero-order valence-corrected chi connectivity index (χ0v) is 12.0. The predicted octanol–water partition coefficient (Wildman–Crippen LogP) is -0.0484. The van der Waals surface area contributed by atoms with Crippen molar-refractivity contribution in [3.05, 3.63) is 0 Å². The van der Waals surface area contributed by atoms with Crippen molar-refractivity contribution < 1.29 is 17.9 Å². The summed E-state index contributed by atoms with van der Waals surface area (Å²) in [4.78, 5) is 11.6. The van der Waals surface area contributed by atoms with Crippen LogP contribution in [-0.2, 0) is 19.6 Å². The molecule has 0 radical (unpaired) electrons. The van der Waals surface area contributed by atoms with Crippen molar-refractivity contribution in [2.24, 2.45) is 0 Å². The van der Waals surface area contributed by atoms with Crippen molar-refractivity contribution in [3.63, 3.8) is 0 Å². The average Bonchev–Trinajstić information content (AvgIpc) is 2.27. The monoisotopic (exact) mass is 278 g/mol. The summed E-state index contributed by atoms with van der Waals surface area (Å²) in [5.41, 5.74) is 0. The van der Waals surface area contributed by atoms with Crippen LogP contribution >= 0.6 is 0 Å². The standard InChI is InChI=1S/C11H22N2O4S/c1-4-10-11(14)12-5-6-13(10)18(15,16)8-7-17-9(2)3/h9-10H,4-8H2,1-3H3,(H,12,14). The molecule has 0 aliphatic carbocycles. The lowest BCUT2D eigenvalue weighted by Crippen LogP contribution is -2.57. The molecular weight excluding hydrogens is 256 g/mol. The highest BCUT2D eigenvalue weighted by atomic mass is 32.2. The van der Waals surface area contributed by atoms with Gasteiger partial charge in [-0.2, -0.15) is 4.31 Å². The normalized spacial score (nSPS) is 22.2. The minimum absolute atomic E-state index is 0.00632. The van der Waals surface area contributed by atoms with Gasteiger partial charge in [-0.15, -0.1) is 0 Å². The van der Waals surface area contributed by atoms with Gasteiger partial charge in [0.1, 0.15) is 6.04 Å². The van der Waals surface area contributed by atoms with Gasteiger partial charge in [0.25, 0.3) is 0 Å². The Balaban J connectivity index is 2.67. The topological polar surface area (TPSA) is 75.7 Å². The Morgan fingerprint density at radius 3 is 2.72 bits per heavy atom. The van der Waals surface area contributed by atoms with Gasteiger partial charge in [0.2, 0.25) is 15.9 Å². The van der Waals surface area contributed by atoms with Gasteiger partial charge in [-0.3, -0.25) is 4.79 Å². The summed E-state index contributed by atoms with van der Waals surface area (Å²) in [7, 11) is -3.43. The highest BCUT2D eigenvalue weighted by Gasteiger charge is 2.35. The third kappa shape index (κ3) is 3.93. The average molecular weight is 278 g/mol. The Hall–Kier alpha value is -0.660. The first-order valence-corrected chi connectivity index (χ1v) is 7.88. The maximum atomic E-state index is 12.1. The van der Waals surface area contributed by atoms with E-state index in [1.165, 1.54) is 4.31 Å². The second-order valence-electron chi connectivity index (χ2n) is 4.56. The van der Waals surface area contributed by atoms with Crippen LogP contribution in [0.2, 0.25) is 0 Å². The minimum atomic E-state index is -3.43. The molecule has 0 bridgehead atoms. The lowest BCUT2D eigenvalue weighted by Gasteiger charge is -2.33. The third-order valence-corrected chi connectivity index (χ3v) is 4.65. The fourth-order valence-corrected chi connectivity index (χ4v) is 3.47. The van der Waals surface area contributed by atoms with Crippen molar-refractivity contribution >= 4 is 15.9 Å². The fourth-order valence-electron chi connectivity index (χ4n) is 1.92. The molecule has 6 nitrogen and oxygen atoms in total. The number of amides is 1. The van der Waals surface area contributed by atoms with Gasteiger partial charge in [-0.25, -0.2) is 8.42 Å². The van der Waals surface area contributed by atoms with E-state index in [-0.39, 0.29) is 24.4 Å². The highest BCUT2D eigenvalue weighted by Crippen LogP contribution is 2.14. The molecular formula is C11H22N2O4S. The summed E-state index contributed by atoms with van der Waals surface area (Å²) < 4.78 is 30.9. The number of carbonyl (C=O) groups is 1. The SMILES string of the molecule is CCC1C(=O)NCCN1S(=O)(=O)CCOC(C)C. The second-order valence-corrected chi connectivity index (χ2v) is 6.60. The molecule has 0 spiro atoms. The molecule has 1 atom stereocenters. The molecule has 0 aromatic carbocycles. The number of piperazine rings is 1. The number of hydrogen-bond donors (Lipinski definition) is 1. The molecule has 1 unspecified atom stereocenters. The number of rotatable bonds is 6. The Morgan fingerprint density at radius 2 is 2.17 bits per heavy atom. The summed E-state index contributed by atoms with van der Waals surface area (Å²) in [5.74, 6) is -0.285. The molecule has 1 saturated heterocycles. The molecule has 18 heavy (non-hydrogen) atoms. The summed E-state index contributed by atoms with van der Waals surface area (Å²) in [5, 5.41) is 2.68. The molecule has 1 N–H and O–H groups in total. The number of sulfonamides is 1. The molecule has 0 aromatic heterocycles.